The molecular formula is C12H18BrN3. The molecule has 0 unspecified atom stereocenters. The lowest BCUT2D eigenvalue weighted by Crippen LogP contribution is -2.27. The topological polar surface area (TPSA) is 28.2 Å². The van der Waals surface area contributed by atoms with Crippen LogP contribution in [0.15, 0.2) is 16.7 Å². The van der Waals surface area contributed by atoms with Crippen molar-refractivity contribution < 1.29 is 0 Å². The molecule has 0 saturated heterocycles. The van der Waals surface area contributed by atoms with Gasteiger partial charge in [0.2, 0.25) is 0 Å². The van der Waals surface area contributed by atoms with Crippen molar-refractivity contribution in [2.45, 2.75) is 25.8 Å². The monoisotopic (exact) mass is 283 g/mol. The second-order valence-electron chi connectivity index (χ2n) is 4.46. The summed E-state index contributed by atoms with van der Waals surface area (Å²) in [4.78, 5) is 6.78. The van der Waals surface area contributed by atoms with Crippen molar-refractivity contribution in [2.75, 3.05) is 25.5 Å². The van der Waals surface area contributed by atoms with Crippen LogP contribution in [0.2, 0.25) is 0 Å². The first-order chi connectivity index (χ1) is 7.66. The lowest BCUT2D eigenvalue weighted by Gasteiger charge is -2.16. The Hall–Kier alpha value is -0.610. The van der Waals surface area contributed by atoms with Crippen LogP contribution >= 0.6 is 15.9 Å². The Bertz CT molecular complexity index is 363. The lowest BCUT2D eigenvalue weighted by atomic mass is 10.3. The zero-order valence-corrected chi connectivity index (χ0v) is 11.4. The van der Waals surface area contributed by atoms with Crippen molar-refractivity contribution in [3.63, 3.8) is 0 Å². The van der Waals surface area contributed by atoms with Crippen molar-refractivity contribution in [3.05, 3.63) is 22.3 Å². The Morgan fingerprint density at radius 3 is 2.94 bits per heavy atom. The van der Waals surface area contributed by atoms with Crippen LogP contribution in [0.3, 0.4) is 0 Å². The fourth-order valence-electron chi connectivity index (χ4n) is 1.77. The molecule has 1 fully saturated rings. The second kappa shape index (κ2) is 5.15. The van der Waals surface area contributed by atoms with Crippen LogP contribution in [-0.4, -0.2) is 36.1 Å². The molecule has 1 aliphatic carbocycles. The molecule has 1 saturated carbocycles. The standard InChI is InChI=1S/C12H18BrN3/c1-9-7-10(13)8-15-12(9)14-5-6-16(2)11-3-4-11/h7-8,11H,3-6H2,1-2H3,(H,14,15). The SMILES string of the molecule is Cc1cc(Br)cnc1NCCN(C)C1CC1. The van der Waals surface area contributed by atoms with E-state index >= 15 is 0 Å². The lowest BCUT2D eigenvalue weighted by molar-refractivity contribution is 0.337. The highest BCUT2D eigenvalue weighted by Gasteiger charge is 2.25. The summed E-state index contributed by atoms with van der Waals surface area (Å²) in [7, 11) is 2.20. The number of aryl methyl sites for hydroxylation is 1. The smallest absolute Gasteiger partial charge is 0.128 e. The summed E-state index contributed by atoms with van der Waals surface area (Å²) >= 11 is 3.42. The first kappa shape index (κ1) is 11.9. The van der Waals surface area contributed by atoms with E-state index in [0.29, 0.717) is 0 Å². The predicted molar refractivity (Wildman–Crippen MR) is 70.8 cm³/mol. The van der Waals surface area contributed by atoms with E-state index in [9.17, 15) is 0 Å². The van der Waals surface area contributed by atoms with Gasteiger partial charge in [-0.05, 0) is 54.4 Å². The Balaban J connectivity index is 1.80. The molecule has 16 heavy (non-hydrogen) atoms. The van der Waals surface area contributed by atoms with E-state index in [0.717, 1.165) is 29.4 Å². The molecule has 4 heteroatoms. The van der Waals surface area contributed by atoms with Gasteiger partial charge in [-0.15, -0.1) is 0 Å². The molecule has 1 N–H and O–H groups in total. The summed E-state index contributed by atoms with van der Waals surface area (Å²) in [5.74, 6) is 0.993. The summed E-state index contributed by atoms with van der Waals surface area (Å²) < 4.78 is 1.03. The van der Waals surface area contributed by atoms with Crippen LogP contribution in [0.1, 0.15) is 18.4 Å². The first-order valence-corrected chi connectivity index (χ1v) is 6.52. The number of pyridine rings is 1. The molecule has 0 atom stereocenters. The average molecular weight is 284 g/mol. The number of nitrogens with zero attached hydrogens (tertiary/aromatic N) is 2. The van der Waals surface area contributed by atoms with Gasteiger partial charge in [-0.1, -0.05) is 0 Å². The van der Waals surface area contributed by atoms with Crippen LogP contribution < -0.4 is 5.32 Å². The normalized spacial score (nSPS) is 15.5. The number of rotatable bonds is 5. The van der Waals surface area contributed by atoms with Gasteiger partial charge in [-0.3, -0.25) is 0 Å². The van der Waals surface area contributed by atoms with Crippen LogP contribution in [0.4, 0.5) is 5.82 Å². The van der Waals surface area contributed by atoms with Crippen molar-refractivity contribution in [1.82, 2.24) is 9.88 Å². The van der Waals surface area contributed by atoms with Crippen molar-refractivity contribution >= 4 is 21.7 Å². The van der Waals surface area contributed by atoms with Gasteiger partial charge in [0.25, 0.3) is 0 Å². The predicted octanol–water partition coefficient (Wildman–Crippen LogP) is 2.66. The Morgan fingerprint density at radius 1 is 1.56 bits per heavy atom. The molecule has 0 radical (unpaired) electrons. The maximum absolute atomic E-state index is 4.36. The van der Waals surface area contributed by atoms with Crippen molar-refractivity contribution in [1.29, 1.82) is 0 Å². The van der Waals surface area contributed by atoms with E-state index in [1.54, 1.807) is 0 Å². The van der Waals surface area contributed by atoms with E-state index < -0.39 is 0 Å². The quantitative estimate of drug-likeness (QED) is 0.901. The Morgan fingerprint density at radius 2 is 2.31 bits per heavy atom. The molecule has 0 spiro atoms. The Kier molecular flexibility index (Phi) is 3.82. The number of halogens is 1. The van der Waals surface area contributed by atoms with Gasteiger partial charge in [-0.2, -0.15) is 0 Å². The highest BCUT2D eigenvalue weighted by atomic mass is 79.9. The third-order valence-corrected chi connectivity index (χ3v) is 3.41. The molecule has 1 aliphatic rings. The van der Waals surface area contributed by atoms with Gasteiger partial charge in [0.1, 0.15) is 5.82 Å². The van der Waals surface area contributed by atoms with Gasteiger partial charge >= 0.3 is 0 Å². The summed E-state index contributed by atoms with van der Waals surface area (Å²) in [6, 6.07) is 2.92. The van der Waals surface area contributed by atoms with E-state index in [1.165, 1.54) is 18.4 Å². The second-order valence-corrected chi connectivity index (χ2v) is 5.37. The average Bonchev–Trinajstić information content (AvgIpc) is 3.04. The zero-order valence-electron chi connectivity index (χ0n) is 9.83. The van der Waals surface area contributed by atoms with Crippen LogP contribution in [0, 0.1) is 6.92 Å². The van der Waals surface area contributed by atoms with E-state index in [2.05, 4.69) is 51.2 Å². The Labute approximate surface area is 105 Å². The first-order valence-electron chi connectivity index (χ1n) is 5.73. The molecule has 88 valence electrons. The van der Waals surface area contributed by atoms with Gasteiger partial charge in [0.05, 0.1) is 0 Å². The van der Waals surface area contributed by atoms with Gasteiger partial charge in [0.15, 0.2) is 0 Å². The molecule has 1 aromatic heterocycles. The minimum Gasteiger partial charge on any atom is -0.369 e. The maximum atomic E-state index is 4.36. The molecule has 0 bridgehead atoms. The van der Waals surface area contributed by atoms with Gasteiger partial charge < -0.3 is 10.2 Å². The third kappa shape index (κ3) is 3.19. The molecule has 2 rings (SSSR count). The summed E-state index contributed by atoms with van der Waals surface area (Å²) in [6.07, 6.45) is 4.57. The minimum absolute atomic E-state index is 0.834. The van der Waals surface area contributed by atoms with E-state index in [-0.39, 0.29) is 0 Å². The highest BCUT2D eigenvalue weighted by Crippen LogP contribution is 2.24. The van der Waals surface area contributed by atoms with Crippen molar-refractivity contribution in [3.8, 4) is 0 Å². The number of hydrogen-bond donors (Lipinski definition) is 1. The number of anilines is 1. The summed E-state index contributed by atoms with van der Waals surface area (Å²) in [6.45, 7) is 4.12. The van der Waals surface area contributed by atoms with Crippen LogP contribution in [0.25, 0.3) is 0 Å². The largest absolute Gasteiger partial charge is 0.369 e. The number of likely N-dealkylation sites (N-methyl/N-ethyl adjacent to an activating group) is 1. The van der Waals surface area contributed by atoms with Gasteiger partial charge in [-0.25, -0.2) is 4.98 Å². The van der Waals surface area contributed by atoms with Crippen molar-refractivity contribution in [2.24, 2.45) is 0 Å². The molecule has 1 aromatic rings. The number of nitrogens with one attached hydrogen (secondary N) is 1. The molecule has 3 nitrogen and oxygen atoms in total. The summed E-state index contributed by atoms with van der Waals surface area (Å²) in [5, 5.41) is 3.38. The molecule has 0 aromatic carbocycles. The summed E-state index contributed by atoms with van der Waals surface area (Å²) in [5.41, 5.74) is 1.18. The van der Waals surface area contributed by atoms with E-state index in [4.69, 9.17) is 0 Å². The number of aromatic nitrogens is 1. The molecular weight excluding hydrogens is 266 g/mol. The third-order valence-electron chi connectivity index (χ3n) is 2.97. The fraction of sp³-hybridized carbons (Fsp3) is 0.583. The number of hydrogen-bond acceptors (Lipinski definition) is 3. The van der Waals surface area contributed by atoms with Crippen LogP contribution in [-0.2, 0) is 0 Å². The molecule has 0 aliphatic heterocycles. The molecule has 1 heterocycles. The fourth-order valence-corrected chi connectivity index (χ4v) is 2.22. The minimum atomic E-state index is 0.834. The van der Waals surface area contributed by atoms with Crippen LogP contribution in [0.5, 0.6) is 0 Å². The zero-order chi connectivity index (χ0) is 11.5. The highest BCUT2D eigenvalue weighted by molar-refractivity contribution is 9.10. The van der Waals surface area contributed by atoms with E-state index in [1.807, 2.05) is 6.20 Å². The van der Waals surface area contributed by atoms with Gasteiger partial charge in [0, 0.05) is 29.8 Å². The molecule has 0 amide bonds. The maximum Gasteiger partial charge on any atom is 0.128 e.